The zero-order valence-electron chi connectivity index (χ0n) is 17.2. The normalized spacial score (nSPS) is 24.0. The lowest BCUT2D eigenvalue weighted by molar-refractivity contribution is 0.242. The number of hydrazine groups is 8. The molecule has 0 radical (unpaired) electrons. The molecule has 0 aromatic rings. The molecule has 1 aliphatic heterocycles. The molecule has 0 amide bonds. The Morgan fingerprint density at radius 1 is 0.222 bits per heavy atom. The van der Waals surface area contributed by atoms with Crippen molar-refractivity contribution in [2.24, 2.45) is 0 Å². The van der Waals surface area contributed by atoms with Crippen LogP contribution in [0.15, 0.2) is 0 Å². The van der Waals surface area contributed by atoms with E-state index in [-0.39, 0.29) is 0 Å². The molecule has 9 heteroatoms. The molecule has 0 aliphatic carbocycles. The van der Waals surface area contributed by atoms with Crippen LogP contribution < -0.4 is 49.6 Å². The van der Waals surface area contributed by atoms with E-state index >= 15 is 0 Å². The summed E-state index contributed by atoms with van der Waals surface area (Å²) in [5.41, 5.74) is 25.7. The van der Waals surface area contributed by atoms with Gasteiger partial charge in [-0.25, -0.2) is 10.9 Å². The summed E-state index contributed by atoms with van der Waals surface area (Å²) in [6, 6.07) is 0. The van der Waals surface area contributed by atoms with Crippen LogP contribution in [-0.2, 0) is 0 Å². The molecular formula is C18H45N9. The molecule has 0 saturated carbocycles. The molecule has 1 heterocycles. The highest BCUT2D eigenvalue weighted by atomic mass is 15.9. The molecule has 0 aromatic carbocycles. The van der Waals surface area contributed by atoms with Crippen LogP contribution >= 0.6 is 0 Å². The van der Waals surface area contributed by atoms with E-state index in [0.717, 1.165) is 13.1 Å². The highest BCUT2D eigenvalue weighted by Gasteiger charge is 1.95. The fraction of sp³-hybridized carbons (Fsp3) is 1.00. The van der Waals surface area contributed by atoms with Crippen LogP contribution in [0.3, 0.4) is 0 Å². The van der Waals surface area contributed by atoms with E-state index in [2.05, 4.69) is 49.6 Å². The van der Waals surface area contributed by atoms with Crippen molar-refractivity contribution in [3.05, 3.63) is 0 Å². The molecule has 0 unspecified atom stereocenters. The van der Waals surface area contributed by atoms with Crippen LogP contribution in [0.5, 0.6) is 0 Å². The Kier molecular flexibility index (Phi) is 20.0. The molecule has 0 aromatic heterocycles. The van der Waals surface area contributed by atoms with E-state index in [1.165, 1.54) is 103 Å². The summed E-state index contributed by atoms with van der Waals surface area (Å²) >= 11 is 0. The molecule has 162 valence electrons. The fourth-order valence-electron chi connectivity index (χ4n) is 3.27. The summed E-state index contributed by atoms with van der Waals surface area (Å²) in [7, 11) is 0. The van der Waals surface area contributed by atoms with Gasteiger partial charge in [0, 0.05) is 13.1 Å². The second-order valence-electron chi connectivity index (χ2n) is 7.39. The largest absolute Gasteiger partial charge is 0.243 e. The first-order valence-corrected chi connectivity index (χ1v) is 11.2. The Balaban J connectivity index is 2.00. The minimum atomic E-state index is 0.950. The summed E-state index contributed by atoms with van der Waals surface area (Å²) in [5, 5.41) is 0. The van der Waals surface area contributed by atoms with Crippen molar-refractivity contribution in [1.82, 2.24) is 49.6 Å². The minimum absolute atomic E-state index is 0.950. The number of nitrogens with one attached hydrogen (secondary N) is 9. The number of rotatable bonds is 0. The summed E-state index contributed by atoms with van der Waals surface area (Å²) in [5.74, 6) is 0. The summed E-state index contributed by atoms with van der Waals surface area (Å²) in [6.07, 6.45) is 21.9. The third-order valence-electron chi connectivity index (χ3n) is 4.91. The van der Waals surface area contributed by atoms with Crippen molar-refractivity contribution < 1.29 is 0 Å². The van der Waals surface area contributed by atoms with Gasteiger partial charge in [-0.15, -0.1) is 0 Å². The van der Waals surface area contributed by atoms with E-state index in [1.54, 1.807) is 0 Å². The molecule has 9 nitrogen and oxygen atoms in total. The van der Waals surface area contributed by atoms with Gasteiger partial charge in [0.2, 0.25) is 0 Å². The van der Waals surface area contributed by atoms with Crippen molar-refractivity contribution in [3.63, 3.8) is 0 Å². The summed E-state index contributed by atoms with van der Waals surface area (Å²) in [6.45, 7) is 1.90. The lowest BCUT2D eigenvalue weighted by Gasteiger charge is -2.13. The second kappa shape index (κ2) is 21.9. The average molecular weight is 388 g/mol. The van der Waals surface area contributed by atoms with Gasteiger partial charge in [-0.3, -0.25) is 0 Å². The van der Waals surface area contributed by atoms with Gasteiger partial charge in [0.15, 0.2) is 0 Å². The SMILES string of the molecule is C1CCCCCCCCCNNNNNNNNNCCCCCCCC1. The first kappa shape index (κ1) is 24.7. The highest BCUT2D eigenvalue weighted by molar-refractivity contribution is 4.51. The predicted molar refractivity (Wildman–Crippen MR) is 112 cm³/mol. The van der Waals surface area contributed by atoms with Crippen LogP contribution in [0, 0.1) is 0 Å². The maximum absolute atomic E-state index is 3.11. The van der Waals surface area contributed by atoms with E-state index in [9.17, 15) is 0 Å². The standard InChI is InChI=1S/C18H45N9/c1-2-4-6-8-10-12-14-16-18-20-22-24-26-27-25-23-21-19-17-15-13-11-9-7-5-3-1/h19-27H,1-18H2. The quantitative estimate of drug-likeness (QED) is 0.308. The van der Waals surface area contributed by atoms with E-state index in [4.69, 9.17) is 0 Å². The van der Waals surface area contributed by atoms with Crippen molar-refractivity contribution in [2.45, 2.75) is 103 Å². The van der Waals surface area contributed by atoms with E-state index in [1.807, 2.05) is 0 Å². The van der Waals surface area contributed by atoms with Crippen LogP contribution in [0.25, 0.3) is 0 Å². The van der Waals surface area contributed by atoms with E-state index in [0.29, 0.717) is 0 Å². The maximum Gasteiger partial charge on any atom is 0.0113 e. The smallest absolute Gasteiger partial charge is 0.0113 e. The van der Waals surface area contributed by atoms with Gasteiger partial charge < -0.3 is 0 Å². The third kappa shape index (κ3) is 20.2. The Bertz CT molecular complexity index is 153. The molecule has 27 heavy (non-hydrogen) atoms. The van der Waals surface area contributed by atoms with Crippen molar-refractivity contribution in [1.29, 1.82) is 0 Å². The van der Waals surface area contributed by atoms with Gasteiger partial charge in [0.1, 0.15) is 0 Å². The number of hydrogen-bond donors (Lipinski definition) is 9. The van der Waals surface area contributed by atoms with Crippen LogP contribution in [-0.4, -0.2) is 13.1 Å². The monoisotopic (exact) mass is 387 g/mol. The summed E-state index contributed by atoms with van der Waals surface area (Å²) < 4.78 is 0. The molecular weight excluding hydrogens is 342 g/mol. The molecule has 1 aliphatic rings. The molecule has 0 bridgehead atoms. The molecule has 0 spiro atoms. The Morgan fingerprint density at radius 3 is 0.741 bits per heavy atom. The molecule has 1 fully saturated rings. The van der Waals surface area contributed by atoms with Crippen molar-refractivity contribution in [3.8, 4) is 0 Å². The number of hydrogen-bond acceptors (Lipinski definition) is 9. The van der Waals surface area contributed by atoms with Crippen molar-refractivity contribution in [2.75, 3.05) is 13.1 Å². The van der Waals surface area contributed by atoms with Gasteiger partial charge in [0.25, 0.3) is 0 Å². The van der Waals surface area contributed by atoms with Gasteiger partial charge in [-0.2, -0.15) is 38.7 Å². The first-order valence-electron chi connectivity index (χ1n) is 11.2. The molecule has 0 atom stereocenters. The third-order valence-corrected chi connectivity index (χ3v) is 4.91. The van der Waals surface area contributed by atoms with Gasteiger partial charge in [0.05, 0.1) is 0 Å². The Labute approximate surface area is 166 Å². The molecule has 1 rings (SSSR count). The van der Waals surface area contributed by atoms with E-state index < -0.39 is 0 Å². The highest BCUT2D eigenvalue weighted by Crippen LogP contribution is 2.13. The van der Waals surface area contributed by atoms with Gasteiger partial charge >= 0.3 is 0 Å². The minimum Gasteiger partial charge on any atom is -0.243 e. The van der Waals surface area contributed by atoms with Gasteiger partial charge in [-0.05, 0) is 12.8 Å². The lowest BCUT2D eigenvalue weighted by Crippen LogP contribution is -2.64. The van der Waals surface area contributed by atoms with Crippen molar-refractivity contribution >= 4 is 0 Å². The fourth-order valence-corrected chi connectivity index (χ4v) is 3.27. The molecule has 9 N–H and O–H groups in total. The van der Waals surface area contributed by atoms with Crippen LogP contribution in [0.1, 0.15) is 103 Å². The zero-order valence-corrected chi connectivity index (χ0v) is 17.2. The van der Waals surface area contributed by atoms with Crippen LogP contribution in [0.2, 0.25) is 0 Å². The topological polar surface area (TPSA) is 108 Å². The maximum atomic E-state index is 3.11. The molecule has 1 saturated heterocycles. The van der Waals surface area contributed by atoms with Crippen LogP contribution in [0.4, 0.5) is 0 Å². The second-order valence-corrected chi connectivity index (χ2v) is 7.39. The average Bonchev–Trinajstić information content (AvgIpc) is 2.68. The predicted octanol–water partition coefficient (Wildman–Crippen LogP) is 1.87. The lowest BCUT2D eigenvalue weighted by atomic mass is 10.0. The Hall–Kier alpha value is -0.360. The van der Waals surface area contributed by atoms with Gasteiger partial charge in [-0.1, -0.05) is 89.9 Å². The first-order chi connectivity index (χ1) is 13.5. The Morgan fingerprint density at radius 2 is 0.444 bits per heavy atom. The summed E-state index contributed by atoms with van der Waals surface area (Å²) in [4.78, 5) is 0. The zero-order chi connectivity index (χ0) is 19.1.